The number of benzene rings is 3. The molecule has 4 rings (SSSR count). The van der Waals surface area contributed by atoms with Crippen molar-refractivity contribution in [2.24, 2.45) is 0 Å². The summed E-state index contributed by atoms with van der Waals surface area (Å²) in [6, 6.07) is 24.1. The van der Waals surface area contributed by atoms with Crippen LogP contribution >= 0.6 is 0 Å². The second-order valence-corrected chi connectivity index (χ2v) is 10.6. The largest absolute Gasteiger partial charge is 0.307 e. The van der Waals surface area contributed by atoms with Crippen molar-refractivity contribution in [2.75, 3.05) is 31.1 Å². The zero-order valence-corrected chi connectivity index (χ0v) is 23.3. The van der Waals surface area contributed by atoms with Gasteiger partial charge in [0.2, 0.25) is 0 Å². The number of Topliss-reactive ketones (excluding diaryl/α,β-unsaturated/α-hetero) is 1. The van der Waals surface area contributed by atoms with Gasteiger partial charge in [-0.25, -0.2) is 0 Å². The molecule has 40 heavy (non-hydrogen) atoms. The van der Waals surface area contributed by atoms with Crippen molar-refractivity contribution < 1.29 is 14.5 Å². The first-order chi connectivity index (χ1) is 19.3. The molecule has 0 N–H and O–H groups in total. The fourth-order valence-corrected chi connectivity index (χ4v) is 5.61. The van der Waals surface area contributed by atoms with E-state index < -0.39 is 4.92 Å². The van der Waals surface area contributed by atoms with Crippen molar-refractivity contribution in [1.82, 2.24) is 4.90 Å². The highest BCUT2D eigenvalue weighted by Gasteiger charge is 2.44. The molecular weight excluding hydrogens is 502 g/mol. The van der Waals surface area contributed by atoms with Crippen LogP contribution < -0.4 is 4.90 Å². The Morgan fingerprint density at radius 3 is 2.35 bits per heavy atom. The van der Waals surface area contributed by atoms with E-state index in [1.165, 1.54) is 29.8 Å². The summed E-state index contributed by atoms with van der Waals surface area (Å²) in [4.78, 5) is 40.3. The summed E-state index contributed by atoms with van der Waals surface area (Å²) >= 11 is 0. The van der Waals surface area contributed by atoms with Crippen LogP contribution in [0.2, 0.25) is 0 Å². The Kier molecular flexibility index (Phi) is 9.61. The fraction of sp³-hybridized carbons (Fsp3) is 0.333. The molecule has 0 radical (unpaired) electrons. The van der Waals surface area contributed by atoms with Gasteiger partial charge in [0.25, 0.3) is 11.6 Å². The number of nitro benzene ring substituents is 1. The summed E-state index contributed by atoms with van der Waals surface area (Å²) in [5.74, 6) is 0.0194. The molecule has 0 aliphatic carbocycles. The van der Waals surface area contributed by atoms with Crippen LogP contribution in [0.5, 0.6) is 0 Å². The average molecular weight is 540 g/mol. The highest BCUT2D eigenvalue weighted by Crippen LogP contribution is 2.46. The van der Waals surface area contributed by atoms with E-state index >= 15 is 0 Å². The number of non-ortho nitro benzene ring substituents is 1. The Morgan fingerprint density at radius 2 is 1.68 bits per heavy atom. The van der Waals surface area contributed by atoms with Crippen LogP contribution in [0.3, 0.4) is 0 Å². The van der Waals surface area contributed by atoms with Gasteiger partial charge >= 0.3 is 0 Å². The van der Waals surface area contributed by atoms with Crippen molar-refractivity contribution in [2.45, 2.75) is 44.9 Å². The number of nitrogens with zero attached hydrogens (tertiary/aromatic N) is 3. The van der Waals surface area contributed by atoms with Gasteiger partial charge in [-0.2, -0.15) is 0 Å². The lowest BCUT2D eigenvalue weighted by Crippen LogP contribution is -2.40. The van der Waals surface area contributed by atoms with Gasteiger partial charge in [-0.15, -0.1) is 0 Å². The fourth-order valence-electron chi connectivity index (χ4n) is 5.61. The molecule has 0 fully saturated rings. The molecular formula is C33H37N3O4. The molecule has 1 aliphatic heterocycles. The van der Waals surface area contributed by atoms with Crippen LogP contribution in [-0.4, -0.2) is 47.7 Å². The van der Waals surface area contributed by atoms with E-state index in [9.17, 15) is 19.7 Å². The third-order valence-corrected chi connectivity index (χ3v) is 7.69. The van der Waals surface area contributed by atoms with Crippen molar-refractivity contribution >= 4 is 29.1 Å². The van der Waals surface area contributed by atoms with E-state index in [0.29, 0.717) is 25.1 Å². The molecule has 1 atom stereocenters. The molecule has 3 aromatic carbocycles. The van der Waals surface area contributed by atoms with E-state index in [1.54, 1.807) is 6.92 Å². The summed E-state index contributed by atoms with van der Waals surface area (Å²) in [5, 5.41) is 11.1. The van der Waals surface area contributed by atoms with Crippen molar-refractivity contribution in [3.63, 3.8) is 0 Å². The number of rotatable bonds is 13. The van der Waals surface area contributed by atoms with Gasteiger partial charge in [0.1, 0.15) is 5.78 Å². The lowest BCUT2D eigenvalue weighted by molar-refractivity contribution is -0.384. The van der Waals surface area contributed by atoms with Gasteiger partial charge in [0, 0.05) is 54.9 Å². The zero-order valence-electron chi connectivity index (χ0n) is 23.3. The minimum atomic E-state index is -0.460. The second-order valence-electron chi connectivity index (χ2n) is 10.6. The number of carbonyl (C=O) groups is 2. The van der Waals surface area contributed by atoms with E-state index in [2.05, 4.69) is 42.2 Å². The normalized spacial score (nSPS) is 16.4. The summed E-state index contributed by atoms with van der Waals surface area (Å²) < 4.78 is 0. The van der Waals surface area contributed by atoms with Gasteiger partial charge in [0.15, 0.2) is 0 Å². The SMILES string of the molecule is CCCC1(CCN(C/C=C/c2ccccc2)CCC(C)=O)CN(C(=O)c2ccc([N+](=O)[O-])cc2)c2ccccc21. The molecule has 1 aliphatic rings. The molecule has 7 nitrogen and oxygen atoms in total. The third-order valence-electron chi connectivity index (χ3n) is 7.69. The maximum absolute atomic E-state index is 13.7. The van der Waals surface area contributed by atoms with Crippen LogP contribution in [0.15, 0.2) is 84.9 Å². The molecule has 0 bridgehead atoms. The number of anilines is 1. The number of ketones is 1. The minimum Gasteiger partial charge on any atom is -0.307 e. The number of nitro groups is 1. The van der Waals surface area contributed by atoms with Crippen LogP contribution in [0.4, 0.5) is 11.4 Å². The summed E-state index contributed by atoms with van der Waals surface area (Å²) in [6.07, 6.45) is 7.50. The average Bonchev–Trinajstić information content (AvgIpc) is 3.29. The van der Waals surface area contributed by atoms with Crippen molar-refractivity contribution in [3.8, 4) is 0 Å². The number of amides is 1. The molecule has 1 amide bonds. The Bertz CT molecular complexity index is 1350. The monoisotopic (exact) mass is 539 g/mol. The molecule has 0 saturated heterocycles. The Balaban J connectivity index is 1.56. The van der Waals surface area contributed by atoms with Gasteiger partial charge in [-0.3, -0.25) is 24.6 Å². The van der Waals surface area contributed by atoms with Gasteiger partial charge in [-0.05, 0) is 55.6 Å². The predicted octanol–water partition coefficient (Wildman–Crippen LogP) is 6.68. The van der Waals surface area contributed by atoms with Crippen molar-refractivity contribution in [1.29, 1.82) is 0 Å². The topological polar surface area (TPSA) is 83.8 Å². The number of hydrogen-bond donors (Lipinski definition) is 0. The maximum atomic E-state index is 13.7. The summed E-state index contributed by atoms with van der Waals surface area (Å²) in [5.41, 5.74) is 3.38. The summed E-state index contributed by atoms with van der Waals surface area (Å²) in [6.45, 7) is 6.56. The highest BCUT2D eigenvalue weighted by atomic mass is 16.6. The molecule has 208 valence electrons. The van der Waals surface area contributed by atoms with Crippen LogP contribution in [0, 0.1) is 10.1 Å². The first kappa shape index (κ1) is 28.9. The maximum Gasteiger partial charge on any atom is 0.269 e. The van der Waals surface area contributed by atoms with Crippen LogP contribution in [0.25, 0.3) is 6.08 Å². The van der Waals surface area contributed by atoms with Crippen LogP contribution in [-0.2, 0) is 10.2 Å². The predicted molar refractivity (Wildman–Crippen MR) is 160 cm³/mol. The lowest BCUT2D eigenvalue weighted by Gasteiger charge is -2.33. The van der Waals surface area contributed by atoms with E-state index in [1.807, 2.05) is 41.3 Å². The number of hydrogen-bond acceptors (Lipinski definition) is 5. The molecule has 0 spiro atoms. The van der Waals surface area contributed by atoms with Crippen LogP contribution in [0.1, 0.15) is 61.0 Å². The molecule has 3 aromatic rings. The minimum absolute atomic E-state index is 0.0364. The molecule has 1 heterocycles. The van der Waals surface area contributed by atoms with E-state index in [4.69, 9.17) is 0 Å². The second kappa shape index (κ2) is 13.3. The Labute approximate surface area is 236 Å². The van der Waals surface area contributed by atoms with E-state index in [-0.39, 0.29) is 22.8 Å². The van der Waals surface area contributed by atoms with Gasteiger partial charge < -0.3 is 4.90 Å². The van der Waals surface area contributed by atoms with E-state index in [0.717, 1.165) is 43.6 Å². The number of para-hydroxylation sites is 1. The lowest BCUT2D eigenvalue weighted by atomic mass is 9.75. The van der Waals surface area contributed by atoms with Gasteiger partial charge in [-0.1, -0.05) is 74.0 Å². The first-order valence-electron chi connectivity index (χ1n) is 13.9. The zero-order chi connectivity index (χ0) is 28.5. The molecule has 7 heteroatoms. The number of fused-ring (bicyclic) bond motifs is 1. The van der Waals surface area contributed by atoms with Gasteiger partial charge in [0.05, 0.1) is 4.92 Å². The Hall–Kier alpha value is -4.10. The molecule has 0 saturated carbocycles. The third kappa shape index (κ3) is 6.90. The summed E-state index contributed by atoms with van der Waals surface area (Å²) in [7, 11) is 0. The Morgan fingerprint density at radius 1 is 0.975 bits per heavy atom. The molecule has 0 aromatic heterocycles. The quantitative estimate of drug-likeness (QED) is 0.179. The van der Waals surface area contributed by atoms with Crippen molar-refractivity contribution in [3.05, 3.63) is 112 Å². The number of carbonyl (C=O) groups excluding carboxylic acids is 2. The smallest absolute Gasteiger partial charge is 0.269 e. The highest BCUT2D eigenvalue weighted by molar-refractivity contribution is 6.07. The first-order valence-corrected chi connectivity index (χ1v) is 13.9. The molecule has 1 unspecified atom stereocenters. The standard InChI is InChI=1S/C33H37N3O4/c1-3-20-33(21-24-34(23-19-26(2)37)22-9-12-27-10-5-4-6-11-27)25-35(31-14-8-7-13-30(31)33)32(38)28-15-17-29(18-16-28)36(39)40/h4-18H,3,19-25H2,1-2H3/b12-9+.